The van der Waals surface area contributed by atoms with Gasteiger partial charge in [-0.05, 0) is 54.4 Å². The third-order valence-corrected chi connectivity index (χ3v) is 5.87. The summed E-state index contributed by atoms with van der Waals surface area (Å²) in [7, 11) is 0. The van der Waals surface area contributed by atoms with Crippen molar-refractivity contribution in [2.45, 2.75) is 19.6 Å². The van der Waals surface area contributed by atoms with E-state index >= 15 is 0 Å². The number of aromatic nitrogens is 1. The van der Waals surface area contributed by atoms with Crippen LogP contribution in [-0.2, 0) is 16.2 Å². The van der Waals surface area contributed by atoms with Gasteiger partial charge in [-0.15, -0.1) is 0 Å². The number of amides is 1. The number of halogens is 1. The molecular weight excluding hydrogens is 463 g/mol. The smallest absolute Gasteiger partial charge is 0.301 e. The van der Waals surface area contributed by atoms with Gasteiger partial charge < -0.3 is 14.4 Å². The second-order valence-electron chi connectivity index (χ2n) is 8.32. The summed E-state index contributed by atoms with van der Waals surface area (Å²) < 4.78 is 24.4. The molecule has 1 N–H and O–H groups in total. The number of carbonyl (C=O) groups excluding carboxylic acids is 2. The molecule has 8 heteroatoms. The Balaban J connectivity index is 1.54. The van der Waals surface area contributed by atoms with Gasteiger partial charge >= 0.3 is 5.91 Å². The van der Waals surface area contributed by atoms with Crippen molar-refractivity contribution in [1.29, 1.82) is 0 Å². The summed E-state index contributed by atoms with van der Waals surface area (Å²) in [6.45, 7) is 2.04. The molecule has 2 heterocycles. The Kier molecular flexibility index (Phi) is 6.08. The lowest BCUT2D eigenvalue weighted by Gasteiger charge is -2.23. The van der Waals surface area contributed by atoms with E-state index in [4.69, 9.17) is 9.26 Å². The highest BCUT2D eigenvalue weighted by atomic mass is 19.1. The van der Waals surface area contributed by atoms with Crippen LogP contribution in [0.25, 0.3) is 5.76 Å². The summed E-state index contributed by atoms with van der Waals surface area (Å²) in [4.78, 5) is 27.4. The SMILES string of the molecule is Cc1cc(N2C(=O)C(=O)/C(=C(/O)c3ccc(F)cc3)C2c2ccc(OCc3ccccc3)cc2)no1. The van der Waals surface area contributed by atoms with Gasteiger partial charge in [0.05, 0.1) is 11.6 Å². The van der Waals surface area contributed by atoms with Crippen LogP contribution in [-0.4, -0.2) is 22.0 Å². The second-order valence-corrected chi connectivity index (χ2v) is 8.32. The predicted octanol–water partition coefficient (Wildman–Crippen LogP) is 5.33. The molecule has 1 atom stereocenters. The Bertz CT molecular complexity index is 1440. The van der Waals surface area contributed by atoms with Crippen LogP contribution in [0.4, 0.5) is 10.2 Å². The monoisotopic (exact) mass is 484 g/mol. The Morgan fingerprint density at radius 1 is 1.03 bits per heavy atom. The fraction of sp³-hybridized carbons (Fsp3) is 0.107. The number of nitrogens with zero attached hydrogens (tertiary/aromatic N) is 2. The third-order valence-electron chi connectivity index (χ3n) is 5.87. The zero-order valence-electron chi connectivity index (χ0n) is 19.2. The van der Waals surface area contributed by atoms with Crippen LogP contribution in [0.15, 0.2) is 95.0 Å². The van der Waals surface area contributed by atoms with E-state index < -0.39 is 29.3 Å². The summed E-state index contributed by atoms with van der Waals surface area (Å²) >= 11 is 0. The molecule has 1 aliphatic rings. The van der Waals surface area contributed by atoms with E-state index in [1.807, 2.05) is 30.3 Å². The van der Waals surface area contributed by atoms with Gasteiger partial charge in [-0.2, -0.15) is 0 Å². The van der Waals surface area contributed by atoms with Crippen molar-refractivity contribution in [3.05, 3.63) is 119 Å². The molecule has 36 heavy (non-hydrogen) atoms. The van der Waals surface area contributed by atoms with Gasteiger partial charge in [-0.1, -0.05) is 47.6 Å². The summed E-state index contributed by atoms with van der Waals surface area (Å²) in [5.41, 5.74) is 1.63. The van der Waals surface area contributed by atoms with Crippen molar-refractivity contribution in [2.75, 3.05) is 4.90 Å². The lowest BCUT2D eigenvalue weighted by Crippen LogP contribution is -2.29. The number of benzene rings is 3. The maximum Gasteiger partial charge on any atom is 0.301 e. The summed E-state index contributed by atoms with van der Waals surface area (Å²) in [5, 5.41) is 15.0. The summed E-state index contributed by atoms with van der Waals surface area (Å²) in [5.74, 6) is -1.46. The summed E-state index contributed by atoms with van der Waals surface area (Å²) in [6, 6.07) is 22.2. The first-order chi connectivity index (χ1) is 17.4. The van der Waals surface area contributed by atoms with Crippen LogP contribution in [0.3, 0.4) is 0 Å². The minimum absolute atomic E-state index is 0.134. The van der Waals surface area contributed by atoms with Crippen molar-refractivity contribution in [3.63, 3.8) is 0 Å². The molecule has 4 aromatic rings. The molecular formula is C28H21FN2O5. The second kappa shape index (κ2) is 9.50. The van der Waals surface area contributed by atoms with Gasteiger partial charge in [-0.25, -0.2) is 4.39 Å². The molecule has 0 aliphatic carbocycles. The number of ether oxygens (including phenoxy) is 1. The Hall–Kier alpha value is -4.72. The van der Waals surface area contributed by atoms with Crippen LogP contribution in [0.1, 0.15) is 28.5 Å². The Morgan fingerprint density at radius 2 is 1.72 bits per heavy atom. The highest BCUT2D eigenvalue weighted by Crippen LogP contribution is 2.42. The van der Waals surface area contributed by atoms with Gasteiger partial charge in [0.1, 0.15) is 29.7 Å². The molecule has 5 rings (SSSR count). The molecule has 0 bridgehead atoms. The van der Waals surface area contributed by atoms with E-state index in [9.17, 15) is 19.1 Å². The molecule has 1 unspecified atom stereocenters. The molecule has 0 saturated carbocycles. The van der Waals surface area contributed by atoms with Crippen LogP contribution in [0.5, 0.6) is 5.75 Å². The van der Waals surface area contributed by atoms with Crippen LogP contribution in [0.2, 0.25) is 0 Å². The number of rotatable bonds is 6. The van der Waals surface area contributed by atoms with Crippen molar-refractivity contribution in [1.82, 2.24) is 5.16 Å². The number of hydrogen-bond donors (Lipinski definition) is 1. The van der Waals surface area contributed by atoms with Crippen molar-refractivity contribution < 1.29 is 28.3 Å². The third kappa shape index (κ3) is 4.36. The van der Waals surface area contributed by atoms with Crippen LogP contribution in [0, 0.1) is 12.7 Å². The molecule has 1 amide bonds. The zero-order chi connectivity index (χ0) is 25.2. The van der Waals surface area contributed by atoms with Gasteiger partial charge in [0.25, 0.3) is 5.78 Å². The number of ketones is 1. The minimum atomic E-state index is -0.984. The number of anilines is 1. The van der Waals surface area contributed by atoms with E-state index in [1.165, 1.54) is 35.2 Å². The molecule has 7 nitrogen and oxygen atoms in total. The van der Waals surface area contributed by atoms with E-state index in [-0.39, 0.29) is 17.0 Å². The standard InChI is InChI=1S/C28H21FN2O5/c1-17-15-23(30-36-17)31-25(19-9-13-22(14-10-19)35-16-18-5-3-2-4-6-18)24(27(33)28(31)34)26(32)20-7-11-21(29)12-8-20/h2-15,25,32H,16H2,1H3/b26-24+. The number of aliphatic hydroxyl groups is 1. The van der Waals surface area contributed by atoms with Gasteiger partial charge in [0.2, 0.25) is 0 Å². The lowest BCUT2D eigenvalue weighted by molar-refractivity contribution is -0.132. The van der Waals surface area contributed by atoms with Crippen molar-refractivity contribution >= 4 is 23.3 Å². The predicted molar refractivity (Wildman–Crippen MR) is 130 cm³/mol. The largest absolute Gasteiger partial charge is 0.507 e. The van der Waals surface area contributed by atoms with E-state index in [0.717, 1.165) is 5.56 Å². The fourth-order valence-corrected chi connectivity index (χ4v) is 4.10. The molecule has 1 saturated heterocycles. The number of carbonyl (C=O) groups is 2. The van der Waals surface area contributed by atoms with Gasteiger partial charge in [0.15, 0.2) is 5.82 Å². The maximum absolute atomic E-state index is 13.4. The highest BCUT2D eigenvalue weighted by Gasteiger charge is 2.48. The van der Waals surface area contributed by atoms with Crippen molar-refractivity contribution in [3.8, 4) is 5.75 Å². The molecule has 0 radical (unpaired) electrons. The van der Waals surface area contributed by atoms with Crippen LogP contribution >= 0.6 is 0 Å². The van der Waals surface area contributed by atoms with Gasteiger partial charge in [0, 0.05) is 11.6 Å². The molecule has 180 valence electrons. The minimum Gasteiger partial charge on any atom is -0.507 e. The average Bonchev–Trinajstić information content (AvgIpc) is 3.44. The normalized spacial score (nSPS) is 16.9. The fourth-order valence-electron chi connectivity index (χ4n) is 4.10. The Labute approximate surface area is 206 Å². The summed E-state index contributed by atoms with van der Waals surface area (Å²) in [6.07, 6.45) is 0. The van der Waals surface area contributed by atoms with Gasteiger partial charge in [-0.3, -0.25) is 14.5 Å². The molecule has 1 aromatic heterocycles. The maximum atomic E-state index is 13.4. The highest BCUT2D eigenvalue weighted by molar-refractivity contribution is 6.51. The van der Waals surface area contributed by atoms with E-state index in [2.05, 4.69) is 5.16 Å². The average molecular weight is 484 g/mol. The number of aryl methyl sites for hydroxylation is 1. The van der Waals surface area contributed by atoms with E-state index in [0.29, 0.717) is 23.7 Å². The Morgan fingerprint density at radius 3 is 2.36 bits per heavy atom. The quantitative estimate of drug-likeness (QED) is 0.226. The molecule has 1 fully saturated rings. The number of Topliss-reactive ketones (excluding diaryl/α,β-unsaturated/α-hetero) is 1. The molecule has 0 spiro atoms. The first kappa shape index (κ1) is 23.0. The zero-order valence-corrected chi connectivity index (χ0v) is 19.2. The number of hydrogen-bond acceptors (Lipinski definition) is 6. The number of aliphatic hydroxyl groups excluding tert-OH is 1. The molecule has 3 aromatic carbocycles. The van der Waals surface area contributed by atoms with Crippen LogP contribution < -0.4 is 9.64 Å². The lowest BCUT2D eigenvalue weighted by atomic mass is 9.95. The van der Waals surface area contributed by atoms with E-state index in [1.54, 1.807) is 31.2 Å². The van der Waals surface area contributed by atoms with Crippen molar-refractivity contribution in [2.24, 2.45) is 0 Å². The molecule has 1 aliphatic heterocycles. The first-order valence-corrected chi connectivity index (χ1v) is 11.2. The first-order valence-electron chi connectivity index (χ1n) is 11.2. The topological polar surface area (TPSA) is 92.9 Å².